The van der Waals surface area contributed by atoms with Gasteiger partial charge in [-0.1, -0.05) is 30.3 Å². The zero-order valence-electron chi connectivity index (χ0n) is 14.5. The standard InChI is InChI=1S/C20H24N2O3/c1-22(18(11-12-23)14-7-3-2-4-8-14)20(25)16-13-15-9-5-6-10-17(15)21-19(16)24/h2-4,7-8,13,18,23H,5-6,9-12H2,1H3,(H,21,24). The van der Waals surface area contributed by atoms with Crippen LogP contribution in [0.4, 0.5) is 0 Å². The fourth-order valence-electron chi connectivity index (χ4n) is 3.55. The van der Waals surface area contributed by atoms with Gasteiger partial charge in [-0.3, -0.25) is 9.59 Å². The van der Waals surface area contributed by atoms with Gasteiger partial charge in [-0.15, -0.1) is 0 Å². The van der Waals surface area contributed by atoms with Crippen molar-refractivity contribution in [2.75, 3.05) is 13.7 Å². The van der Waals surface area contributed by atoms with Crippen molar-refractivity contribution in [3.63, 3.8) is 0 Å². The Balaban J connectivity index is 1.92. The van der Waals surface area contributed by atoms with Crippen molar-refractivity contribution in [1.29, 1.82) is 0 Å². The number of aliphatic hydroxyl groups is 1. The zero-order chi connectivity index (χ0) is 17.8. The van der Waals surface area contributed by atoms with Crippen LogP contribution in [0.3, 0.4) is 0 Å². The number of amides is 1. The molecule has 0 bridgehead atoms. The summed E-state index contributed by atoms with van der Waals surface area (Å²) < 4.78 is 0. The number of aromatic nitrogens is 1. The average Bonchev–Trinajstić information content (AvgIpc) is 2.65. The Labute approximate surface area is 147 Å². The van der Waals surface area contributed by atoms with Crippen molar-refractivity contribution in [3.05, 3.63) is 69.1 Å². The second-order valence-electron chi connectivity index (χ2n) is 6.58. The van der Waals surface area contributed by atoms with Crippen molar-refractivity contribution in [2.24, 2.45) is 0 Å². The average molecular weight is 340 g/mol. The highest BCUT2D eigenvalue weighted by Gasteiger charge is 2.25. The minimum atomic E-state index is -0.326. The van der Waals surface area contributed by atoms with E-state index in [4.69, 9.17) is 0 Å². The van der Waals surface area contributed by atoms with Crippen LogP contribution in [-0.2, 0) is 12.8 Å². The van der Waals surface area contributed by atoms with Gasteiger partial charge in [0.25, 0.3) is 11.5 Å². The molecule has 1 heterocycles. The van der Waals surface area contributed by atoms with E-state index in [0.29, 0.717) is 6.42 Å². The number of carbonyl (C=O) groups is 1. The molecule has 0 saturated heterocycles. The maximum atomic E-state index is 13.0. The fraction of sp³-hybridized carbons (Fsp3) is 0.400. The molecule has 1 amide bonds. The lowest BCUT2D eigenvalue weighted by Gasteiger charge is -2.28. The van der Waals surface area contributed by atoms with Gasteiger partial charge in [0.05, 0.1) is 6.04 Å². The van der Waals surface area contributed by atoms with Crippen molar-refractivity contribution < 1.29 is 9.90 Å². The first-order valence-corrected chi connectivity index (χ1v) is 8.80. The van der Waals surface area contributed by atoms with Gasteiger partial charge in [0.1, 0.15) is 5.56 Å². The molecule has 1 aromatic heterocycles. The number of hydrogen-bond donors (Lipinski definition) is 2. The third-order valence-electron chi connectivity index (χ3n) is 4.94. The first kappa shape index (κ1) is 17.4. The van der Waals surface area contributed by atoms with E-state index in [-0.39, 0.29) is 29.7 Å². The Morgan fingerprint density at radius 1 is 1.24 bits per heavy atom. The highest BCUT2D eigenvalue weighted by Crippen LogP contribution is 2.25. The summed E-state index contributed by atoms with van der Waals surface area (Å²) in [5, 5.41) is 9.41. The van der Waals surface area contributed by atoms with Crippen LogP contribution >= 0.6 is 0 Å². The number of aliphatic hydroxyl groups excluding tert-OH is 1. The first-order valence-electron chi connectivity index (χ1n) is 8.80. The number of rotatable bonds is 5. The number of aromatic amines is 1. The van der Waals surface area contributed by atoms with Gasteiger partial charge in [-0.2, -0.15) is 0 Å². The monoisotopic (exact) mass is 340 g/mol. The van der Waals surface area contributed by atoms with E-state index < -0.39 is 0 Å². The van der Waals surface area contributed by atoms with Crippen LogP contribution in [0.25, 0.3) is 0 Å². The second kappa shape index (κ2) is 7.66. The number of hydrogen-bond acceptors (Lipinski definition) is 3. The number of H-pyrrole nitrogens is 1. The normalized spacial score (nSPS) is 14.6. The number of nitrogens with one attached hydrogen (secondary N) is 1. The third kappa shape index (κ3) is 3.66. The lowest BCUT2D eigenvalue weighted by molar-refractivity contribution is 0.0703. The van der Waals surface area contributed by atoms with E-state index in [2.05, 4.69) is 4.98 Å². The smallest absolute Gasteiger partial charge is 0.261 e. The van der Waals surface area contributed by atoms with Crippen LogP contribution in [-0.4, -0.2) is 34.6 Å². The molecule has 2 N–H and O–H groups in total. The van der Waals surface area contributed by atoms with Gasteiger partial charge in [0, 0.05) is 19.3 Å². The highest BCUT2D eigenvalue weighted by molar-refractivity contribution is 5.94. The molecular formula is C20H24N2O3. The molecule has 0 aliphatic heterocycles. The molecule has 25 heavy (non-hydrogen) atoms. The summed E-state index contributed by atoms with van der Waals surface area (Å²) in [5.74, 6) is -0.308. The molecule has 3 rings (SSSR count). The number of aryl methyl sites for hydroxylation is 2. The summed E-state index contributed by atoms with van der Waals surface area (Å²) in [6.45, 7) is -0.0300. The topological polar surface area (TPSA) is 73.4 Å². The van der Waals surface area contributed by atoms with Crippen LogP contribution in [0, 0.1) is 0 Å². The predicted molar refractivity (Wildman–Crippen MR) is 96.7 cm³/mol. The summed E-state index contributed by atoms with van der Waals surface area (Å²) in [7, 11) is 1.69. The molecular weight excluding hydrogens is 316 g/mol. The van der Waals surface area contributed by atoms with Crippen molar-refractivity contribution in [1.82, 2.24) is 9.88 Å². The lowest BCUT2D eigenvalue weighted by atomic mass is 9.94. The molecule has 1 aliphatic rings. The Hall–Kier alpha value is -2.40. The van der Waals surface area contributed by atoms with Gasteiger partial charge in [-0.05, 0) is 49.3 Å². The first-order chi connectivity index (χ1) is 12.1. The number of fused-ring (bicyclic) bond motifs is 1. The van der Waals surface area contributed by atoms with Crippen molar-refractivity contribution in [2.45, 2.75) is 38.1 Å². The highest BCUT2D eigenvalue weighted by atomic mass is 16.3. The Morgan fingerprint density at radius 3 is 2.68 bits per heavy atom. The number of carbonyl (C=O) groups excluding carboxylic acids is 1. The van der Waals surface area contributed by atoms with Gasteiger partial charge in [0.2, 0.25) is 0 Å². The quantitative estimate of drug-likeness (QED) is 0.878. The number of benzene rings is 1. The predicted octanol–water partition coefficient (Wildman–Crippen LogP) is 2.45. The molecule has 2 aromatic rings. The Kier molecular flexibility index (Phi) is 5.34. The summed E-state index contributed by atoms with van der Waals surface area (Å²) in [6.07, 6.45) is 4.35. The molecule has 1 atom stereocenters. The van der Waals surface area contributed by atoms with Crippen LogP contribution in [0.15, 0.2) is 41.2 Å². The molecule has 1 unspecified atom stereocenters. The van der Waals surface area contributed by atoms with Crippen LogP contribution < -0.4 is 5.56 Å². The minimum Gasteiger partial charge on any atom is -0.396 e. The lowest BCUT2D eigenvalue weighted by Crippen LogP contribution is -2.36. The molecule has 132 valence electrons. The van der Waals surface area contributed by atoms with E-state index in [1.54, 1.807) is 18.0 Å². The zero-order valence-corrected chi connectivity index (χ0v) is 14.5. The second-order valence-corrected chi connectivity index (χ2v) is 6.58. The molecule has 0 fully saturated rings. The van der Waals surface area contributed by atoms with E-state index in [1.165, 1.54) is 0 Å². The van der Waals surface area contributed by atoms with Gasteiger partial charge in [0.15, 0.2) is 0 Å². The van der Waals surface area contributed by atoms with E-state index in [0.717, 1.165) is 42.5 Å². The minimum absolute atomic E-state index is 0.0300. The molecule has 5 nitrogen and oxygen atoms in total. The summed E-state index contributed by atoms with van der Waals surface area (Å²) in [4.78, 5) is 29.8. The van der Waals surface area contributed by atoms with E-state index in [1.807, 2.05) is 30.3 Å². The maximum absolute atomic E-state index is 13.0. The summed E-state index contributed by atoms with van der Waals surface area (Å²) in [6, 6.07) is 11.1. The molecule has 0 saturated carbocycles. The van der Waals surface area contributed by atoms with Crippen molar-refractivity contribution >= 4 is 5.91 Å². The van der Waals surface area contributed by atoms with E-state index in [9.17, 15) is 14.7 Å². The number of pyridine rings is 1. The maximum Gasteiger partial charge on any atom is 0.261 e. The number of nitrogens with zero attached hydrogens (tertiary/aromatic N) is 1. The largest absolute Gasteiger partial charge is 0.396 e. The van der Waals surface area contributed by atoms with Crippen LogP contribution in [0.1, 0.15) is 52.5 Å². The third-order valence-corrected chi connectivity index (χ3v) is 4.94. The van der Waals surface area contributed by atoms with Crippen molar-refractivity contribution in [3.8, 4) is 0 Å². The molecule has 0 radical (unpaired) electrons. The van der Waals surface area contributed by atoms with Gasteiger partial charge >= 0.3 is 0 Å². The molecule has 0 spiro atoms. The van der Waals surface area contributed by atoms with E-state index >= 15 is 0 Å². The molecule has 1 aliphatic carbocycles. The van der Waals surface area contributed by atoms with Crippen LogP contribution in [0.5, 0.6) is 0 Å². The molecule has 5 heteroatoms. The fourth-order valence-corrected chi connectivity index (χ4v) is 3.55. The summed E-state index contributed by atoms with van der Waals surface area (Å²) >= 11 is 0. The SMILES string of the molecule is CN(C(=O)c1cc2c([nH]c1=O)CCCC2)C(CCO)c1ccccc1. The Morgan fingerprint density at radius 2 is 1.96 bits per heavy atom. The van der Waals surface area contributed by atoms with Gasteiger partial charge in [-0.25, -0.2) is 0 Å². The Bertz CT molecular complexity index is 798. The summed E-state index contributed by atoms with van der Waals surface area (Å²) in [5.41, 5.74) is 2.84. The van der Waals surface area contributed by atoms with Gasteiger partial charge < -0.3 is 15.0 Å². The molecule has 1 aromatic carbocycles. The van der Waals surface area contributed by atoms with Crippen LogP contribution in [0.2, 0.25) is 0 Å².